The fraction of sp³-hybridized carbons (Fsp3) is 0.909. The molecule has 1 rings (SSSR count). The van der Waals surface area contributed by atoms with E-state index in [2.05, 4.69) is 0 Å². The maximum Gasteiger partial charge on any atom is 0.410 e. The summed E-state index contributed by atoms with van der Waals surface area (Å²) in [6.45, 7) is 6.38. The zero-order valence-corrected chi connectivity index (χ0v) is 10.4. The number of nitrogens with zero attached hydrogens (tertiary/aromatic N) is 1. The van der Waals surface area contributed by atoms with Crippen molar-refractivity contribution in [3.05, 3.63) is 0 Å². The maximum absolute atomic E-state index is 11.7. The molecule has 0 spiro atoms. The van der Waals surface area contributed by atoms with E-state index < -0.39 is 11.7 Å². The lowest BCUT2D eigenvalue weighted by Gasteiger charge is -2.36. The summed E-state index contributed by atoms with van der Waals surface area (Å²) in [5, 5.41) is 9.60. The highest BCUT2D eigenvalue weighted by Crippen LogP contribution is 2.17. The molecule has 0 aromatic carbocycles. The zero-order chi connectivity index (χ0) is 12.3. The summed E-state index contributed by atoms with van der Waals surface area (Å²) >= 11 is 0. The van der Waals surface area contributed by atoms with Crippen LogP contribution in [0.5, 0.6) is 0 Å². The van der Waals surface area contributed by atoms with Gasteiger partial charge in [-0.15, -0.1) is 0 Å². The molecule has 16 heavy (non-hydrogen) atoms. The Balaban J connectivity index is 2.52. The van der Waals surface area contributed by atoms with Gasteiger partial charge in [-0.2, -0.15) is 0 Å². The smallest absolute Gasteiger partial charge is 0.410 e. The number of amides is 1. The van der Waals surface area contributed by atoms with Crippen molar-refractivity contribution in [2.75, 3.05) is 20.2 Å². The van der Waals surface area contributed by atoms with Crippen LogP contribution >= 0.6 is 0 Å². The summed E-state index contributed by atoms with van der Waals surface area (Å²) < 4.78 is 10.4. The predicted molar refractivity (Wildman–Crippen MR) is 59.2 cm³/mol. The average molecular weight is 231 g/mol. The minimum Gasteiger partial charge on any atom is -0.444 e. The lowest BCUT2D eigenvalue weighted by atomic mass is 10.1. The van der Waals surface area contributed by atoms with Crippen LogP contribution in [0.1, 0.15) is 27.2 Å². The molecule has 1 aliphatic rings. The van der Waals surface area contributed by atoms with Crippen LogP contribution in [0.2, 0.25) is 0 Å². The van der Waals surface area contributed by atoms with E-state index in [4.69, 9.17) is 9.47 Å². The number of carbonyl (C=O) groups excluding carboxylic acids is 1. The van der Waals surface area contributed by atoms with Gasteiger partial charge in [0, 0.05) is 13.7 Å². The summed E-state index contributed by atoms with van der Waals surface area (Å²) in [6, 6.07) is 0. The minimum atomic E-state index is -0.497. The molecule has 0 aromatic rings. The Morgan fingerprint density at radius 3 is 2.56 bits per heavy atom. The Morgan fingerprint density at radius 1 is 1.44 bits per heavy atom. The Kier molecular flexibility index (Phi) is 4.15. The monoisotopic (exact) mass is 231 g/mol. The van der Waals surface area contributed by atoms with Gasteiger partial charge in [0.15, 0.2) is 0 Å². The predicted octanol–water partition coefficient (Wildman–Crippen LogP) is 1.00. The van der Waals surface area contributed by atoms with Crippen LogP contribution < -0.4 is 0 Å². The van der Waals surface area contributed by atoms with Gasteiger partial charge in [-0.3, -0.25) is 0 Å². The van der Waals surface area contributed by atoms with Crippen LogP contribution in [0.3, 0.4) is 0 Å². The van der Waals surface area contributed by atoms with Gasteiger partial charge in [-0.1, -0.05) is 0 Å². The molecule has 0 unspecified atom stereocenters. The Bertz CT molecular complexity index is 249. The number of methoxy groups -OCH3 is 1. The number of aliphatic hydroxyl groups excluding tert-OH is 1. The van der Waals surface area contributed by atoms with Crippen LogP contribution in [0.15, 0.2) is 0 Å². The largest absolute Gasteiger partial charge is 0.444 e. The molecule has 1 heterocycles. The number of piperidine rings is 1. The van der Waals surface area contributed by atoms with E-state index in [0.717, 1.165) is 0 Å². The number of rotatable bonds is 1. The molecule has 0 radical (unpaired) electrons. The van der Waals surface area contributed by atoms with Gasteiger partial charge >= 0.3 is 6.09 Å². The number of hydrogen-bond donors (Lipinski definition) is 1. The quantitative estimate of drug-likeness (QED) is 0.731. The van der Waals surface area contributed by atoms with E-state index in [1.807, 2.05) is 20.8 Å². The standard InChI is InChI=1S/C11H21NO4/c1-11(2,3)16-10(14)12-6-5-8(13)9(7-12)15-4/h8-9,13H,5-7H2,1-4H3/t8-,9+/m1/s1. The maximum atomic E-state index is 11.7. The molecule has 1 fully saturated rings. The second-order valence-electron chi connectivity index (χ2n) is 5.06. The average Bonchev–Trinajstić information content (AvgIpc) is 2.15. The van der Waals surface area contributed by atoms with E-state index >= 15 is 0 Å². The number of ether oxygens (including phenoxy) is 2. The molecule has 0 saturated carbocycles. The third-order valence-electron chi connectivity index (χ3n) is 2.48. The van der Waals surface area contributed by atoms with Gasteiger partial charge in [0.05, 0.1) is 12.6 Å². The number of aliphatic hydroxyl groups is 1. The number of hydrogen-bond acceptors (Lipinski definition) is 4. The molecule has 0 aromatic heterocycles. The Hall–Kier alpha value is -0.810. The van der Waals surface area contributed by atoms with Crippen molar-refractivity contribution in [1.82, 2.24) is 4.90 Å². The van der Waals surface area contributed by atoms with Crippen LogP contribution in [-0.4, -0.2) is 54.1 Å². The second kappa shape index (κ2) is 5.01. The SMILES string of the molecule is CO[C@H]1CN(C(=O)OC(C)(C)C)CC[C@H]1O. The van der Waals surface area contributed by atoms with Gasteiger partial charge in [-0.25, -0.2) is 4.79 Å². The Morgan fingerprint density at radius 2 is 2.06 bits per heavy atom. The number of likely N-dealkylation sites (tertiary alicyclic amines) is 1. The minimum absolute atomic E-state index is 0.318. The zero-order valence-electron chi connectivity index (χ0n) is 10.4. The van der Waals surface area contributed by atoms with Crippen LogP contribution in [0.25, 0.3) is 0 Å². The highest BCUT2D eigenvalue weighted by molar-refractivity contribution is 5.68. The van der Waals surface area contributed by atoms with Gasteiger partial charge in [0.1, 0.15) is 11.7 Å². The second-order valence-corrected chi connectivity index (χ2v) is 5.06. The van der Waals surface area contributed by atoms with Gasteiger partial charge in [-0.05, 0) is 27.2 Å². The number of carbonyl (C=O) groups is 1. The normalized spacial score (nSPS) is 26.7. The molecule has 2 atom stereocenters. The molecule has 1 saturated heterocycles. The summed E-state index contributed by atoms with van der Waals surface area (Å²) in [4.78, 5) is 13.3. The molecule has 94 valence electrons. The summed E-state index contributed by atoms with van der Waals surface area (Å²) in [7, 11) is 1.53. The van der Waals surface area contributed by atoms with E-state index in [9.17, 15) is 9.90 Å². The van der Waals surface area contributed by atoms with Gasteiger partial charge in [0.2, 0.25) is 0 Å². The lowest BCUT2D eigenvalue weighted by Crippen LogP contribution is -2.50. The molecule has 1 N–H and O–H groups in total. The first-order valence-electron chi connectivity index (χ1n) is 5.52. The molecule has 0 aliphatic carbocycles. The summed E-state index contributed by atoms with van der Waals surface area (Å²) in [5.41, 5.74) is -0.490. The van der Waals surface area contributed by atoms with Crippen LogP contribution in [-0.2, 0) is 9.47 Å². The molecular formula is C11H21NO4. The first kappa shape index (κ1) is 13.3. The van der Waals surface area contributed by atoms with E-state index in [-0.39, 0.29) is 12.2 Å². The highest BCUT2D eigenvalue weighted by Gasteiger charge is 2.32. The molecule has 5 nitrogen and oxygen atoms in total. The van der Waals surface area contributed by atoms with Crippen molar-refractivity contribution in [2.24, 2.45) is 0 Å². The third kappa shape index (κ3) is 3.64. The van der Waals surface area contributed by atoms with Crippen molar-refractivity contribution in [1.29, 1.82) is 0 Å². The fourth-order valence-corrected chi connectivity index (χ4v) is 1.63. The van der Waals surface area contributed by atoms with E-state index in [1.165, 1.54) is 7.11 Å². The van der Waals surface area contributed by atoms with Gasteiger partial charge in [0.25, 0.3) is 0 Å². The Labute approximate surface area is 96.3 Å². The van der Waals surface area contributed by atoms with Gasteiger partial charge < -0.3 is 19.5 Å². The fourth-order valence-electron chi connectivity index (χ4n) is 1.63. The van der Waals surface area contributed by atoms with Crippen LogP contribution in [0, 0.1) is 0 Å². The first-order valence-corrected chi connectivity index (χ1v) is 5.52. The van der Waals surface area contributed by atoms with Crippen molar-refractivity contribution in [3.63, 3.8) is 0 Å². The lowest BCUT2D eigenvalue weighted by molar-refractivity contribution is -0.0646. The van der Waals surface area contributed by atoms with Crippen molar-refractivity contribution in [2.45, 2.75) is 45.0 Å². The first-order chi connectivity index (χ1) is 7.33. The summed E-state index contributed by atoms with van der Waals surface area (Å²) in [5.74, 6) is 0. The molecule has 0 bridgehead atoms. The van der Waals surface area contributed by atoms with Crippen molar-refractivity contribution < 1.29 is 19.4 Å². The van der Waals surface area contributed by atoms with E-state index in [1.54, 1.807) is 4.90 Å². The third-order valence-corrected chi connectivity index (χ3v) is 2.48. The molecule has 5 heteroatoms. The van der Waals surface area contributed by atoms with E-state index in [0.29, 0.717) is 19.5 Å². The van der Waals surface area contributed by atoms with Crippen molar-refractivity contribution in [3.8, 4) is 0 Å². The highest BCUT2D eigenvalue weighted by atomic mass is 16.6. The van der Waals surface area contributed by atoms with Crippen LogP contribution in [0.4, 0.5) is 4.79 Å². The summed E-state index contributed by atoms with van der Waals surface area (Å²) in [6.07, 6.45) is -0.635. The molecule has 1 amide bonds. The van der Waals surface area contributed by atoms with Crippen molar-refractivity contribution >= 4 is 6.09 Å². The topological polar surface area (TPSA) is 59.0 Å². The molecule has 1 aliphatic heterocycles. The molecular weight excluding hydrogens is 210 g/mol.